The molecule has 0 fully saturated rings. The minimum Gasteiger partial charge on any atom is -1.00 e. The Morgan fingerprint density at radius 1 is 1.00 bits per heavy atom. The van der Waals surface area contributed by atoms with Crippen molar-refractivity contribution >= 4 is 0 Å². The molecule has 0 rings (SSSR count). The van der Waals surface area contributed by atoms with E-state index in [1.54, 1.807) is 0 Å². The summed E-state index contributed by atoms with van der Waals surface area (Å²) in [5.41, 5.74) is 0. The van der Waals surface area contributed by atoms with Crippen molar-refractivity contribution in [3.8, 4) is 0 Å². The topological polar surface area (TPSA) is 20.2 Å². The predicted octanol–water partition coefficient (Wildman–Crippen LogP) is -0.544. The van der Waals surface area contributed by atoms with Gasteiger partial charge in [-0.1, -0.05) is 39.0 Å². The Hall–Kier alpha value is 0.960. The van der Waals surface area contributed by atoms with Gasteiger partial charge in [-0.3, -0.25) is 0 Å². The fourth-order valence-electron chi connectivity index (χ4n) is 0.892. The van der Waals surface area contributed by atoms with Crippen molar-refractivity contribution in [3.63, 3.8) is 0 Å². The molecule has 0 aliphatic heterocycles. The molecule has 10 heavy (non-hydrogen) atoms. The van der Waals surface area contributed by atoms with E-state index in [0.29, 0.717) is 6.61 Å². The van der Waals surface area contributed by atoms with Gasteiger partial charge in [-0.25, -0.2) is 0 Å². The SMILES string of the molecule is CCCCCCCCO.[H-].[Na+]. The maximum absolute atomic E-state index is 8.42. The summed E-state index contributed by atoms with van der Waals surface area (Å²) < 4.78 is 0. The molecule has 0 heterocycles. The van der Waals surface area contributed by atoms with Crippen molar-refractivity contribution in [1.82, 2.24) is 0 Å². The molecule has 0 atom stereocenters. The fourth-order valence-corrected chi connectivity index (χ4v) is 0.892. The molecule has 0 saturated heterocycles. The zero-order chi connectivity index (χ0) is 6.95. The molecule has 0 radical (unpaired) electrons. The Labute approximate surface area is 88.0 Å². The van der Waals surface area contributed by atoms with Gasteiger partial charge in [-0.2, -0.15) is 0 Å². The molecular weight excluding hydrogens is 135 g/mol. The van der Waals surface area contributed by atoms with Crippen LogP contribution in [0.5, 0.6) is 0 Å². The molecule has 0 aromatic rings. The molecular formula is C8H19NaO. The average molecular weight is 154 g/mol. The summed E-state index contributed by atoms with van der Waals surface area (Å²) in [7, 11) is 0. The normalized spacial score (nSPS) is 9.00. The second kappa shape index (κ2) is 12.6. The summed E-state index contributed by atoms with van der Waals surface area (Å²) in [6.07, 6.45) is 7.50. The Balaban J connectivity index is -0.000000320. The number of aliphatic hydroxyl groups excluding tert-OH is 1. The number of aliphatic hydroxyl groups is 1. The maximum atomic E-state index is 8.42. The van der Waals surface area contributed by atoms with E-state index >= 15 is 0 Å². The molecule has 0 spiro atoms. The summed E-state index contributed by atoms with van der Waals surface area (Å²) in [5, 5.41) is 8.42. The molecule has 1 nitrogen and oxygen atoms in total. The van der Waals surface area contributed by atoms with E-state index in [9.17, 15) is 0 Å². The van der Waals surface area contributed by atoms with Crippen LogP contribution in [0, 0.1) is 0 Å². The third kappa shape index (κ3) is 11.7. The van der Waals surface area contributed by atoms with Crippen LogP contribution < -0.4 is 29.6 Å². The van der Waals surface area contributed by atoms with Crippen molar-refractivity contribution in [1.29, 1.82) is 0 Å². The molecule has 1 N–H and O–H groups in total. The first-order chi connectivity index (χ1) is 4.41. The molecule has 0 bridgehead atoms. The molecule has 58 valence electrons. The zero-order valence-corrected chi connectivity index (χ0v) is 9.40. The summed E-state index contributed by atoms with van der Waals surface area (Å²) >= 11 is 0. The summed E-state index contributed by atoms with van der Waals surface area (Å²) in [5.74, 6) is 0. The molecule has 0 saturated carbocycles. The molecule has 0 aliphatic carbocycles. The average Bonchev–Trinajstić information content (AvgIpc) is 1.89. The van der Waals surface area contributed by atoms with E-state index in [-0.39, 0.29) is 31.0 Å². The van der Waals surface area contributed by atoms with E-state index in [0.717, 1.165) is 6.42 Å². The number of rotatable bonds is 6. The Morgan fingerprint density at radius 3 is 2.00 bits per heavy atom. The minimum atomic E-state index is 0. The van der Waals surface area contributed by atoms with E-state index in [2.05, 4.69) is 6.92 Å². The second-order valence-corrected chi connectivity index (χ2v) is 2.49. The van der Waals surface area contributed by atoms with Crippen LogP contribution in [0.4, 0.5) is 0 Å². The van der Waals surface area contributed by atoms with Crippen LogP contribution in [-0.2, 0) is 0 Å². The first-order valence-corrected chi connectivity index (χ1v) is 4.02. The summed E-state index contributed by atoms with van der Waals surface area (Å²) in [6.45, 7) is 2.58. The van der Waals surface area contributed by atoms with Crippen LogP contribution in [-0.4, -0.2) is 11.7 Å². The van der Waals surface area contributed by atoms with Crippen LogP contribution >= 0.6 is 0 Å². The quantitative estimate of drug-likeness (QED) is 0.402. The van der Waals surface area contributed by atoms with Gasteiger partial charge >= 0.3 is 29.6 Å². The van der Waals surface area contributed by atoms with Crippen LogP contribution in [0.25, 0.3) is 0 Å². The van der Waals surface area contributed by atoms with Crippen molar-refractivity contribution in [2.45, 2.75) is 45.4 Å². The van der Waals surface area contributed by atoms with Gasteiger partial charge in [0, 0.05) is 6.61 Å². The van der Waals surface area contributed by atoms with Crippen LogP contribution in [0.3, 0.4) is 0 Å². The van der Waals surface area contributed by atoms with Crippen molar-refractivity contribution in [2.24, 2.45) is 0 Å². The van der Waals surface area contributed by atoms with Crippen LogP contribution in [0.15, 0.2) is 0 Å². The van der Waals surface area contributed by atoms with E-state index < -0.39 is 0 Å². The van der Waals surface area contributed by atoms with Gasteiger partial charge < -0.3 is 6.53 Å². The minimum absolute atomic E-state index is 0. The summed E-state index contributed by atoms with van der Waals surface area (Å²) in [6, 6.07) is 0. The molecule has 2 heteroatoms. The monoisotopic (exact) mass is 154 g/mol. The molecule has 0 unspecified atom stereocenters. The largest absolute Gasteiger partial charge is 1.00 e. The van der Waals surface area contributed by atoms with Gasteiger partial charge in [-0.15, -0.1) is 0 Å². The van der Waals surface area contributed by atoms with Gasteiger partial charge in [0.2, 0.25) is 0 Å². The van der Waals surface area contributed by atoms with Crippen molar-refractivity contribution in [3.05, 3.63) is 0 Å². The van der Waals surface area contributed by atoms with E-state index in [4.69, 9.17) is 5.11 Å². The van der Waals surface area contributed by atoms with Gasteiger partial charge in [0.05, 0.1) is 0 Å². The first-order valence-electron chi connectivity index (χ1n) is 4.02. The molecule has 0 aliphatic rings. The number of unbranched alkanes of at least 4 members (excludes halogenated alkanes) is 5. The number of hydrogen-bond donors (Lipinski definition) is 1. The van der Waals surface area contributed by atoms with Gasteiger partial charge in [-0.05, 0) is 6.42 Å². The van der Waals surface area contributed by atoms with Gasteiger partial charge in [0.25, 0.3) is 0 Å². The zero-order valence-electron chi connectivity index (χ0n) is 8.40. The standard InChI is InChI=1S/C8H18O.Na.H/c1-2-3-4-5-6-7-8-9;;/h9H,2-8H2,1H3;;/q;+1;-1. The van der Waals surface area contributed by atoms with Crippen LogP contribution in [0.1, 0.15) is 46.9 Å². The first kappa shape index (κ1) is 13.5. The Morgan fingerprint density at radius 2 is 1.50 bits per heavy atom. The molecule has 0 aromatic carbocycles. The van der Waals surface area contributed by atoms with Crippen LogP contribution in [0.2, 0.25) is 0 Å². The smallest absolute Gasteiger partial charge is 1.00 e. The Kier molecular flexibility index (Phi) is 17.1. The van der Waals surface area contributed by atoms with Crippen molar-refractivity contribution < 1.29 is 36.1 Å². The van der Waals surface area contributed by atoms with E-state index in [1.165, 1.54) is 32.1 Å². The third-order valence-electron chi connectivity index (χ3n) is 1.51. The van der Waals surface area contributed by atoms with Crippen molar-refractivity contribution in [2.75, 3.05) is 6.61 Å². The van der Waals surface area contributed by atoms with Gasteiger partial charge in [0.15, 0.2) is 0 Å². The summed E-state index contributed by atoms with van der Waals surface area (Å²) in [4.78, 5) is 0. The second-order valence-electron chi connectivity index (χ2n) is 2.49. The third-order valence-corrected chi connectivity index (χ3v) is 1.51. The molecule has 0 aromatic heterocycles. The fraction of sp³-hybridized carbons (Fsp3) is 1.00. The predicted molar refractivity (Wildman–Crippen MR) is 41.6 cm³/mol. The number of hydrogen-bond acceptors (Lipinski definition) is 1. The van der Waals surface area contributed by atoms with Gasteiger partial charge in [0.1, 0.15) is 0 Å². The molecule has 0 amide bonds. The van der Waals surface area contributed by atoms with E-state index in [1.807, 2.05) is 0 Å². The maximum Gasteiger partial charge on any atom is 1.00 e. The Bertz CT molecular complexity index is 47.4.